The summed E-state index contributed by atoms with van der Waals surface area (Å²) in [7, 11) is 3.29. The van der Waals surface area contributed by atoms with Crippen molar-refractivity contribution in [2.45, 2.75) is 155 Å². The van der Waals surface area contributed by atoms with Crippen LogP contribution in [0.15, 0.2) is 6.08 Å². The van der Waals surface area contributed by atoms with Gasteiger partial charge in [0.05, 0.1) is 59.7 Å². The monoisotopic (exact) mass is 849 g/mol. The Morgan fingerprint density at radius 3 is 2.05 bits per heavy atom. The van der Waals surface area contributed by atoms with Crippen molar-refractivity contribution in [3.63, 3.8) is 0 Å². The topological polar surface area (TPSA) is 153 Å². The highest BCUT2D eigenvalue weighted by atomic mass is 32.1. The van der Waals surface area contributed by atoms with E-state index in [9.17, 15) is 19.0 Å². The van der Waals surface area contributed by atoms with E-state index in [2.05, 4.69) is 28.7 Å². The predicted octanol–water partition coefficient (Wildman–Crippen LogP) is 9.46. The number of carbonyl (C=O) groups excluding carboxylic acids is 2. The highest BCUT2D eigenvalue weighted by Gasteiger charge is 2.38. The summed E-state index contributed by atoms with van der Waals surface area (Å²) in [6.45, 7) is 7.55. The molecule has 1 N–H and O–H groups in total. The molecule has 1 aliphatic heterocycles. The van der Waals surface area contributed by atoms with E-state index in [0.717, 1.165) is 62.2 Å². The first kappa shape index (κ1) is 51.0. The number of carbonyl (C=O) groups is 2. The van der Waals surface area contributed by atoms with Crippen LogP contribution in [-0.4, -0.2) is 121 Å². The summed E-state index contributed by atoms with van der Waals surface area (Å²) < 4.78 is 55.5. The SMILES string of the molecule is CCCCCCCCCCCCCCCC(=O)OCC(COP(=O)(O)OCC[N+](C)(C)C)OC(=O)O[C@@H](C)[N+]1(C)CCC=C(c2nsnc2OCCCCCC)C1. The van der Waals surface area contributed by atoms with Gasteiger partial charge in [-0.15, -0.1) is 4.37 Å². The van der Waals surface area contributed by atoms with Gasteiger partial charge in [-0.2, -0.15) is 4.37 Å². The van der Waals surface area contributed by atoms with Crippen LogP contribution in [0.1, 0.15) is 148 Å². The van der Waals surface area contributed by atoms with Crippen LogP contribution in [0.2, 0.25) is 0 Å². The zero-order valence-electron chi connectivity index (χ0n) is 36.4. The third-order valence-corrected chi connectivity index (χ3v) is 11.8. The van der Waals surface area contributed by atoms with E-state index in [4.69, 9.17) is 28.0 Å². The molecule has 1 aromatic rings. The van der Waals surface area contributed by atoms with Crippen molar-refractivity contribution >= 4 is 37.2 Å². The zero-order valence-corrected chi connectivity index (χ0v) is 38.1. The molecule has 14 nitrogen and oxygen atoms in total. The zero-order chi connectivity index (χ0) is 42.0. The molecule has 1 aromatic heterocycles. The predicted molar refractivity (Wildman–Crippen MR) is 225 cm³/mol. The number of phosphoric ester groups is 1. The van der Waals surface area contributed by atoms with E-state index >= 15 is 0 Å². The van der Waals surface area contributed by atoms with Gasteiger partial charge < -0.3 is 28.3 Å². The molecule has 2 heterocycles. The summed E-state index contributed by atoms with van der Waals surface area (Å²) >= 11 is 1.11. The lowest BCUT2D eigenvalue weighted by molar-refractivity contribution is -0.944. The quantitative estimate of drug-likeness (QED) is 0.0310. The number of aromatic nitrogens is 2. The molecule has 330 valence electrons. The van der Waals surface area contributed by atoms with Crippen LogP contribution in [0.25, 0.3) is 5.57 Å². The molecular formula is C41H77N4O10PS+2. The Morgan fingerprint density at radius 1 is 0.842 bits per heavy atom. The maximum Gasteiger partial charge on any atom is 0.513 e. The third-order valence-electron chi connectivity index (χ3n) is 10.3. The van der Waals surface area contributed by atoms with Gasteiger partial charge in [-0.05, 0) is 12.8 Å². The number of hydrogen-bond donors (Lipinski definition) is 1. The molecule has 0 bridgehead atoms. The maximum atomic E-state index is 13.2. The standard InChI is InChI=1S/C41H76N4O10PS/c1-8-10-12-14-15-16-17-18-19-20-21-22-23-27-38(46)51-33-37(34-53-56(48,49)52-31-29-44(4,5)6)55-41(47)54-35(3)45(7)28-25-26-36(32-45)39-40(43-57-42-39)50-30-24-13-11-9-2/h26,35,37H,8-25,27-34H2,1-7H3/q+1/p+1/t35-,37?,45?/m0/s1. The first-order valence-corrected chi connectivity index (χ1v) is 23.8. The number of rotatable bonds is 33. The first-order chi connectivity index (χ1) is 27.2. The second kappa shape index (κ2) is 28.4. The van der Waals surface area contributed by atoms with Crippen molar-refractivity contribution in [1.29, 1.82) is 0 Å². The van der Waals surface area contributed by atoms with E-state index in [1.54, 1.807) is 6.92 Å². The Kier molecular flexibility index (Phi) is 25.4. The fourth-order valence-electron chi connectivity index (χ4n) is 6.45. The molecule has 0 amide bonds. The van der Waals surface area contributed by atoms with Gasteiger partial charge in [-0.25, -0.2) is 9.36 Å². The number of unbranched alkanes of at least 4 members (excludes halogenated alkanes) is 15. The lowest BCUT2D eigenvalue weighted by Crippen LogP contribution is -2.55. The van der Waals surface area contributed by atoms with E-state index < -0.39 is 38.9 Å². The van der Waals surface area contributed by atoms with E-state index in [1.807, 2.05) is 28.2 Å². The van der Waals surface area contributed by atoms with Crippen LogP contribution in [-0.2, 0) is 32.6 Å². The van der Waals surface area contributed by atoms with E-state index in [-0.39, 0.29) is 19.6 Å². The molecule has 0 aliphatic carbocycles. The molecule has 57 heavy (non-hydrogen) atoms. The molecule has 0 aromatic carbocycles. The molecule has 0 spiro atoms. The van der Waals surface area contributed by atoms with Gasteiger partial charge in [0.25, 0.3) is 5.88 Å². The van der Waals surface area contributed by atoms with Crippen molar-refractivity contribution in [3.05, 3.63) is 11.8 Å². The second-order valence-electron chi connectivity index (χ2n) is 16.7. The van der Waals surface area contributed by atoms with Gasteiger partial charge in [-0.1, -0.05) is 116 Å². The highest BCUT2D eigenvalue weighted by molar-refractivity contribution is 7.47. The number of quaternary nitrogens is 2. The molecule has 1 aliphatic rings. The molecule has 3 unspecified atom stereocenters. The molecule has 0 radical (unpaired) electrons. The van der Waals surface area contributed by atoms with Crippen molar-refractivity contribution in [2.24, 2.45) is 0 Å². The minimum atomic E-state index is -4.49. The number of ether oxygens (including phenoxy) is 4. The van der Waals surface area contributed by atoms with Crippen molar-refractivity contribution < 1.29 is 56.0 Å². The Hall–Kier alpha value is -2.13. The highest BCUT2D eigenvalue weighted by Crippen LogP contribution is 2.43. The summed E-state index contributed by atoms with van der Waals surface area (Å²) in [5, 5.41) is 0. The fourth-order valence-corrected chi connectivity index (χ4v) is 7.73. The largest absolute Gasteiger partial charge is 0.513 e. The number of phosphoric acid groups is 1. The summed E-state index contributed by atoms with van der Waals surface area (Å²) in [5.74, 6) is 0.0876. The normalized spacial score (nSPS) is 18.0. The van der Waals surface area contributed by atoms with Gasteiger partial charge in [-0.3, -0.25) is 18.3 Å². The van der Waals surface area contributed by atoms with Crippen LogP contribution < -0.4 is 4.74 Å². The maximum absolute atomic E-state index is 13.2. The van der Waals surface area contributed by atoms with E-state index in [0.29, 0.717) is 53.2 Å². The van der Waals surface area contributed by atoms with Crippen molar-refractivity contribution in [3.8, 4) is 5.88 Å². The molecular weight excluding hydrogens is 772 g/mol. The average molecular weight is 849 g/mol. The first-order valence-electron chi connectivity index (χ1n) is 21.6. The van der Waals surface area contributed by atoms with Crippen LogP contribution >= 0.6 is 19.6 Å². The second-order valence-corrected chi connectivity index (χ2v) is 18.7. The summed E-state index contributed by atoms with van der Waals surface area (Å²) in [6.07, 6.45) is 20.2. The molecule has 0 saturated heterocycles. The minimum Gasteiger partial charge on any atom is -0.475 e. The van der Waals surface area contributed by atoms with Crippen LogP contribution in [0, 0.1) is 0 Å². The van der Waals surface area contributed by atoms with Gasteiger partial charge >= 0.3 is 19.9 Å². The van der Waals surface area contributed by atoms with Gasteiger partial charge in [0.15, 0.2) is 6.10 Å². The summed E-state index contributed by atoms with van der Waals surface area (Å²) in [4.78, 5) is 36.2. The van der Waals surface area contributed by atoms with Crippen LogP contribution in [0.4, 0.5) is 4.79 Å². The van der Waals surface area contributed by atoms with Crippen LogP contribution in [0.3, 0.4) is 0 Å². The van der Waals surface area contributed by atoms with Gasteiger partial charge in [0.1, 0.15) is 32.0 Å². The van der Waals surface area contributed by atoms with E-state index in [1.165, 1.54) is 64.2 Å². The smallest absolute Gasteiger partial charge is 0.475 e. The molecule has 0 fully saturated rings. The van der Waals surface area contributed by atoms with Gasteiger partial charge in [0.2, 0.25) is 6.23 Å². The third kappa shape index (κ3) is 23.3. The van der Waals surface area contributed by atoms with Crippen LogP contribution in [0.5, 0.6) is 5.88 Å². The van der Waals surface area contributed by atoms with Crippen molar-refractivity contribution in [2.75, 3.05) is 74.3 Å². The lowest BCUT2D eigenvalue weighted by atomic mass is 10.0. The Bertz CT molecular complexity index is 1340. The molecule has 2 rings (SSSR count). The Labute approximate surface area is 348 Å². The molecule has 16 heteroatoms. The number of likely N-dealkylation sites (N-methyl/N-ethyl adjacent to an activating group) is 2. The Balaban J connectivity index is 1.88. The number of nitrogens with zero attached hydrogens (tertiary/aromatic N) is 4. The number of hydrogen-bond acceptors (Lipinski definition) is 12. The summed E-state index contributed by atoms with van der Waals surface area (Å²) in [5.41, 5.74) is 1.68. The van der Waals surface area contributed by atoms with Gasteiger partial charge in [0, 0.05) is 25.3 Å². The minimum absolute atomic E-state index is 0.0209. The lowest BCUT2D eigenvalue weighted by Gasteiger charge is -2.41. The molecule has 4 atom stereocenters. The Morgan fingerprint density at radius 2 is 1.44 bits per heavy atom. The fraction of sp³-hybridized carbons (Fsp3) is 0.854. The molecule has 0 saturated carbocycles. The summed E-state index contributed by atoms with van der Waals surface area (Å²) in [6, 6.07) is 0. The average Bonchev–Trinajstić information content (AvgIpc) is 3.62. The van der Waals surface area contributed by atoms with Crippen molar-refractivity contribution in [1.82, 2.24) is 8.75 Å². The number of esters is 1.